The zero-order valence-electron chi connectivity index (χ0n) is 9.67. The number of rotatable bonds is 6. The number of nitrogens with one attached hydrogen (secondary N) is 1. The van der Waals surface area contributed by atoms with Crippen molar-refractivity contribution in [3.05, 3.63) is 36.2 Å². The molecule has 17 heavy (non-hydrogen) atoms. The van der Waals surface area contributed by atoms with Crippen LogP contribution in [0, 0.1) is 0 Å². The van der Waals surface area contributed by atoms with Gasteiger partial charge in [0, 0.05) is 25.6 Å². The number of aromatic nitrogens is 1. The van der Waals surface area contributed by atoms with Gasteiger partial charge >= 0.3 is 0 Å². The Bertz CT molecular complexity index is 365. The molecule has 1 atom stereocenters. The van der Waals surface area contributed by atoms with Gasteiger partial charge in [0.1, 0.15) is 0 Å². The SMILES string of the molecule is COCC(CO)NC(=O)/C=C/c1cccnc1. The minimum absolute atomic E-state index is 0.152. The average Bonchev–Trinajstić information content (AvgIpc) is 2.37. The van der Waals surface area contributed by atoms with Crippen LogP contribution in [-0.2, 0) is 9.53 Å². The molecule has 0 radical (unpaired) electrons. The van der Waals surface area contributed by atoms with Crippen molar-refractivity contribution in [3.8, 4) is 0 Å². The molecule has 5 nitrogen and oxygen atoms in total. The Morgan fingerprint density at radius 1 is 1.71 bits per heavy atom. The summed E-state index contributed by atoms with van der Waals surface area (Å²) in [6.07, 6.45) is 6.37. The van der Waals surface area contributed by atoms with E-state index < -0.39 is 0 Å². The predicted octanol–water partition coefficient (Wildman–Crippen LogP) is 0.218. The summed E-state index contributed by atoms with van der Waals surface area (Å²) in [5, 5.41) is 11.6. The molecule has 5 heteroatoms. The molecule has 92 valence electrons. The van der Waals surface area contributed by atoms with Gasteiger partial charge in [-0.2, -0.15) is 0 Å². The van der Waals surface area contributed by atoms with Gasteiger partial charge < -0.3 is 15.2 Å². The van der Waals surface area contributed by atoms with Crippen molar-refractivity contribution in [2.45, 2.75) is 6.04 Å². The van der Waals surface area contributed by atoms with E-state index in [2.05, 4.69) is 10.3 Å². The quantitative estimate of drug-likeness (QED) is 0.693. The van der Waals surface area contributed by atoms with Crippen LogP contribution >= 0.6 is 0 Å². The molecular formula is C12H16N2O3. The molecule has 0 bridgehead atoms. The van der Waals surface area contributed by atoms with Crippen LogP contribution in [0.1, 0.15) is 5.56 Å². The lowest BCUT2D eigenvalue weighted by Crippen LogP contribution is -2.39. The van der Waals surface area contributed by atoms with E-state index in [1.165, 1.54) is 13.2 Å². The third-order valence-corrected chi connectivity index (χ3v) is 2.05. The molecule has 0 aliphatic carbocycles. The fraction of sp³-hybridized carbons (Fsp3) is 0.333. The number of nitrogens with zero attached hydrogens (tertiary/aromatic N) is 1. The Labute approximate surface area is 100 Å². The number of aliphatic hydroxyl groups excluding tert-OH is 1. The zero-order chi connectivity index (χ0) is 12.5. The van der Waals surface area contributed by atoms with Gasteiger partial charge in [0.15, 0.2) is 0 Å². The lowest BCUT2D eigenvalue weighted by atomic mass is 10.2. The highest BCUT2D eigenvalue weighted by Gasteiger charge is 2.08. The number of ether oxygens (including phenoxy) is 1. The summed E-state index contributed by atoms with van der Waals surface area (Å²) in [5.74, 6) is -0.273. The van der Waals surface area contributed by atoms with Gasteiger partial charge in [-0.15, -0.1) is 0 Å². The number of pyridine rings is 1. The number of hydrogen-bond donors (Lipinski definition) is 2. The lowest BCUT2D eigenvalue weighted by molar-refractivity contribution is -0.117. The van der Waals surface area contributed by atoms with E-state index in [-0.39, 0.29) is 25.2 Å². The molecule has 1 rings (SSSR count). The molecule has 1 unspecified atom stereocenters. The zero-order valence-corrected chi connectivity index (χ0v) is 9.67. The first kappa shape index (κ1) is 13.3. The fourth-order valence-electron chi connectivity index (χ4n) is 1.24. The first-order valence-electron chi connectivity index (χ1n) is 5.24. The van der Waals surface area contributed by atoms with Crippen LogP contribution < -0.4 is 5.32 Å². The smallest absolute Gasteiger partial charge is 0.244 e. The highest BCUT2D eigenvalue weighted by Crippen LogP contribution is 1.98. The van der Waals surface area contributed by atoms with E-state index in [9.17, 15) is 4.79 Å². The normalized spacial score (nSPS) is 12.6. The predicted molar refractivity (Wildman–Crippen MR) is 64.2 cm³/mol. The van der Waals surface area contributed by atoms with Gasteiger partial charge in [0.2, 0.25) is 5.91 Å². The van der Waals surface area contributed by atoms with Crippen molar-refractivity contribution >= 4 is 12.0 Å². The summed E-state index contributed by atoms with van der Waals surface area (Å²) in [5.41, 5.74) is 0.843. The molecule has 0 aromatic carbocycles. The Hall–Kier alpha value is -1.72. The van der Waals surface area contributed by atoms with E-state index in [0.29, 0.717) is 0 Å². The first-order valence-corrected chi connectivity index (χ1v) is 5.24. The monoisotopic (exact) mass is 236 g/mol. The van der Waals surface area contributed by atoms with Gasteiger partial charge in [-0.3, -0.25) is 9.78 Å². The number of carbonyl (C=O) groups excluding carboxylic acids is 1. The molecule has 1 amide bonds. The second-order valence-corrected chi connectivity index (χ2v) is 3.46. The molecule has 1 heterocycles. The van der Waals surface area contributed by atoms with Gasteiger partial charge in [-0.05, 0) is 17.7 Å². The maximum atomic E-state index is 11.5. The van der Waals surface area contributed by atoms with E-state index >= 15 is 0 Å². The number of amides is 1. The van der Waals surface area contributed by atoms with Crippen molar-refractivity contribution in [3.63, 3.8) is 0 Å². The molecular weight excluding hydrogens is 220 g/mol. The van der Waals surface area contributed by atoms with Gasteiger partial charge in [0.05, 0.1) is 19.3 Å². The third-order valence-electron chi connectivity index (χ3n) is 2.05. The molecule has 1 aromatic heterocycles. The minimum atomic E-state index is -0.383. The molecule has 0 saturated carbocycles. The van der Waals surface area contributed by atoms with Crippen LogP contribution in [0.3, 0.4) is 0 Å². The Morgan fingerprint density at radius 3 is 3.12 bits per heavy atom. The van der Waals surface area contributed by atoms with Crippen molar-refractivity contribution in [2.24, 2.45) is 0 Å². The molecule has 0 aliphatic heterocycles. The van der Waals surface area contributed by atoms with Crippen LogP contribution in [0.5, 0.6) is 0 Å². The number of methoxy groups -OCH3 is 1. The van der Waals surface area contributed by atoms with Crippen LogP contribution in [0.4, 0.5) is 0 Å². The highest BCUT2D eigenvalue weighted by molar-refractivity contribution is 5.91. The number of hydrogen-bond acceptors (Lipinski definition) is 4. The summed E-state index contributed by atoms with van der Waals surface area (Å²) in [4.78, 5) is 15.4. The fourth-order valence-corrected chi connectivity index (χ4v) is 1.24. The number of aliphatic hydroxyl groups is 1. The molecule has 0 saturated heterocycles. The lowest BCUT2D eigenvalue weighted by Gasteiger charge is -2.13. The molecule has 0 fully saturated rings. The summed E-state index contributed by atoms with van der Waals surface area (Å²) >= 11 is 0. The van der Waals surface area contributed by atoms with E-state index in [4.69, 9.17) is 9.84 Å². The van der Waals surface area contributed by atoms with Crippen molar-refractivity contribution in [2.75, 3.05) is 20.3 Å². The molecule has 0 aliphatic rings. The average molecular weight is 236 g/mol. The second-order valence-electron chi connectivity index (χ2n) is 3.46. The highest BCUT2D eigenvalue weighted by atomic mass is 16.5. The summed E-state index contributed by atoms with van der Waals surface area (Å²) in [6, 6.07) is 3.25. The van der Waals surface area contributed by atoms with E-state index in [1.54, 1.807) is 24.5 Å². The Kier molecular flexibility index (Phi) is 5.92. The topological polar surface area (TPSA) is 71.5 Å². The Morgan fingerprint density at radius 2 is 2.53 bits per heavy atom. The van der Waals surface area contributed by atoms with Crippen LogP contribution in [0.2, 0.25) is 0 Å². The largest absolute Gasteiger partial charge is 0.394 e. The van der Waals surface area contributed by atoms with E-state index in [0.717, 1.165) is 5.56 Å². The second kappa shape index (κ2) is 7.54. The van der Waals surface area contributed by atoms with Crippen LogP contribution in [-0.4, -0.2) is 42.4 Å². The van der Waals surface area contributed by atoms with Crippen LogP contribution in [0.25, 0.3) is 6.08 Å². The first-order chi connectivity index (χ1) is 8.26. The van der Waals surface area contributed by atoms with Crippen molar-refractivity contribution in [1.82, 2.24) is 10.3 Å². The van der Waals surface area contributed by atoms with Gasteiger partial charge in [0.25, 0.3) is 0 Å². The van der Waals surface area contributed by atoms with Crippen molar-refractivity contribution in [1.29, 1.82) is 0 Å². The number of carbonyl (C=O) groups is 1. The minimum Gasteiger partial charge on any atom is -0.394 e. The molecule has 1 aromatic rings. The maximum absolute atomic E-state index is 11.5. The summed E-state index contributed by atoms with van der Waals surface area (Å²) in [7, 11) is 1.51. The maximum Gasteiger partial charge on any atom is 0.244 e. The molecule has 2 N–H and O–H groups in total. The van der Waals surface area contributed by atoms with Gasteiger partial charge in [-0.25, -0.2) is 0 Å². The van der Waals surface area contributed by atoms with Gasteiger partial charge in [-0.1, -0.05) is 6.07 Å². The summed E-state index contributed by atoms with van der Waals surface area (Å²) < 4.78 is 4.85. The summed E-state index contributed by atoms with van der Waals surface area (Å²) in [6.45, 7) is 0.128. The standard InChI is InChI=1S/C12H16N2O3/c1-17-9-11(8-15)14-12(16)5-4-10-3-2-6-13-7-10/h2-7,11,15H,8-9H2,1H3,(H,14,16)/b5-4+. The third kappa shape index (κ3) is 5.24. The Balaban J connectivity index is 2.46. The van der Waals surface area contributed by atoms with Crippen molar-refractivity contribution < 1.29 is 14.6 Å². The molecule has 0 spiro atoms. The van der Waals surface area contributed by atoms with E-state index in [1.807, 2.05) is 6.07 Å². The van der Waals surface area contributed by atoms with Crippen LogP contribution in [0.15, 0.2) is 30.6 Å².